The molecule has 1 aromatic carbocycles. The van der Waals surface area contributed by atoms with Crippen molar-refractivity contribution in [2.24, 2.45) is 5.92 Å². The SMILES string of the molecule is CCNC(CC1CCOC1)c1c(OC)cccc1OC. The van der Waals surface area contributed by atoms with E-state index in [1.807, 2.05) is 18.2 Å². The molecule has 0 amide bonds. The molecule has 1 aromatic rings. The van der Waals surface area contributed by atoms with E-state index in [2.05, 4.69) is 12.2 Å². The van der Waals surface area contributed by atoms with Gasteiger partial charge >= 0.3 is 0 Å². The Balaban J connectivity index is 2.26. The van der Waals surface area contributed by atoms with Crippen molar-refractivity contribution in [3.63, 3.8) is 0 Å². The third-order valence-corrected chi connectivity index (χ3v) is 3.86. The Morgan fingerprint density at radius 3 is 2.50 bits per heavy atom. The van der Waals surface area contributed by atoms with Crippen molar-refractivity contribution >= 4 is 0 Å². The monoisotopic (exact) mass is 279 g/mol. The smallest absolute Gasteiger partial charge is 0.127 e. The van der Waals surface area contributed by atoms with Crippen molar-refractivity contribution < 1.29 is 14.2 Å². The predicted octanol–water partition coefficient (Wildman–Crippen LogP) is 2.78. The molecule has 2 unspecified atom stereocenters. The van der Waals surface area contributed by atoms with Gasteiger partial charge < -0.3 is 19.5 Å². The first kappa shape index (κ1) is 15.1. The Kier molecular flexibility index (Phi) is 5.68. The molecule has 0 radical (unpaired) electrons. The van der Waals surface area contributed by atoms with Crippen molar-refractivity contribution in [1.82, 2.24) is 5.32 Å². The van der Waals surface area contributed by atoms with Crippen LogP contribution in [0.3, 0.4) is 0 Å². The van der Waals surface area contributed by atoms with Crippen LogP contribution in [0.2, 0.25) is 0 Å². The van der Waals surface area contributed by atoms with E-state index in [9.17, 15) is 0 Å². The van der Waals surface area contributed by atoms with E-state index >= 15 is 0 Å². The summed E-state index contributed by atoms with van der Waals surface area (Å²) in [5, 5.41) is 3.56. The molecule has 2 rings (SSSR count). The van der Waals surface area contributed by atoms with Gasteiger partial charge in [-0.1, -0.05) is 13.0 Å². The third kappa shape index (κ3) is 3.44. The molecule has 1 fully saturated rings. The van der Waals surface area contributed by atoms with Gasteiger partial charge in [-0.05, 0) is 37.4 Å². The summed E-state index contributed by atoms with van der Waals surface area (Å²) in [5.41, 5.74) is 1.12. The number of nitrogens with one attached hydrogen (secondary N) is 1. The summed E-state index contributed by atoms with van der Waals surface area (Å²) in [7, 11) is 3.42. The molecular weight excluding hydrogens is 254 g/mol. The van der Waals surface area contributed by atoms with E-state index in [4.69, 9.17) is 14.2 Å². The molecule has 0 spiro atoms. The van der Waals surface area contributed by atoms with Gasteiger partial charge in [-0.15, -0.1) is 0 Å². The maximum Gasteiger partial charge on any atom is 0.127 e. The second kappa shape index (κ2) is 7.50. The maximum absolute atomic E-state index is 5.53. The molecule has 1 aliphatic rings. The summed E-state index contributed by atoms with van der Waals surface area (Å²) in [6, 6.07) is 6.18. The quantitative estimate of drug-likeness (QED) is 0.833. The Hall–Kier alpha value is -1.26. The first-order chi connectivity index (χ1) is 9.80. The van der Waals surface area contributed by atoms with Gasteiger partial charge in [0.15, 0.2) is 0 Å². The second-order valence-electron chi connectivity index (χ2n) is 5.15. The van der Waals surface area contributed by atoms with Gasteiger partial charge in [0.05, 0.1) is 19.8 Å². The van der Waals surface area contributed by atoms with Crippen LogP contribution in [0, 0.1) is 5.92 Å². The van der Waals surface area contributed by atoms with Crippen molar-refractivity contribution in [2.75, 3.05) is 34.0 Å². The highest BCUT2D eigenvalue weighted by Gasteiger charge is 2.25. The maximum atomic E-state index is 5.53. The molecule has 2 atom stereocenters. The van der Waals surface area contributed by atoms with E-state index in [1.165, 1.54) is 0 Å². The lowest BCUT2D eigenvalue weighted by Gasteiger charge is -2.25. The van der Waals surface area contributed by atoms with E-state index in [0.29, 0.717) is 5.92 Å². The standard InChI is InChI=1S/C16H25NO3/c1-4-17-13(10-12-8-9-20-11-12)16-14(18-2)6-5-7-15(16)19-3/h5-7,12-13,17H,4,8-11H2,1-3H3. The lowest BCUT2D eigenvalue weighted by Crippen LogP contribution is -2.24. The predicted molar refractivity (Wildman–Crippen MR) is 79.5 cm³/mol. The Morgan fingerprint density at radius 2 is 2.00 bits per heavy atom. The fourth-order valence-corrected chi connectivity index (χ4v) is 2.88. The summed E-state index contributed by atoms with van der Waals surface area (Å²) in [6.45, 7) is 4.78. The number of hydrogen-bond acceptors (Lipinski definition) is 4. The molecule has 1 heterocycles. The van der Waals surface area contributed by atoms with Crippen LogP contribution < -0.4 is 14.8 Å². The van der Waals surface area contributed by atoms with E-state index < -0.39 is 0 Å². The number of hydrogen-bond donors (Lipinski definition) is 1. The molecule has 0 saturated carbocycles. The summed E-state index contributed by atoms with van der Waals surface area (Å²) in [6.07, 6.45) is 2.18. The van der Waals surface area contributed by atoms with Gasteiger partial charge in [-0.2, -0.15) is 0 Å². The van der Waals surface area contributed by atoms with E-state index in [0.717, 1.165) is 49.7 Å². The number of benzene rings is 1. The lowest BCUT2D eigenvalue weighted by atomic mass is 9.93. The summed E-state index contributed by atoms with van der Waals surface area (Å²) >= 11 is 0. The van der Waals surface area contributed by atoms with Crippen LogP contribution in [-0.2, 0) is 4.74 Å². The molecular formula is C16H25NO3. The highest BCUT2D eigenvalue weighted by Crippen LogP contribution is 2.38. The third-order valence-electron chi connectivity index (χ3n) is 3.86. The minimum absolute atomic E-state index is 0.234. The zero-order valence-electron chi connectivity index (χ0n) is 12.6. The van der Waals surface area contributed by atoms with Gasteiger partial charge in [0.25, 0.3) is 0 Å². The van der Waals surface area contributed by atoms with Crippen LogP contribution in [0.15, 0.2) is 18.2 Å². The van der Waals surface area contributed by atoms with Gasteiger partial charge in [0.2, 0.25) is 0 Å². The van der Waals surface area contributed by atoms with Gasteiger partial charge in [0, 0.05) is 19.3 Å². The van der Waals surface area contributed by atoms with Crippen molar-refractivity contribution in [3.05, 3.63) is 23.8 Å². The van der Waals surface area contributed by atoms with Gasteiger partial charge in [-0.25, -0.2) is 0 Å². The molecule has 0 aliphatic carbocycles. The fraction of sp³-hybridized carbons (Fsp3) is 0.625. The molecule has 0 aromatic heterocycles. The zero-order chi connectivity index (χ0) is 14.4. The normalized spacial score (nSPS) is 19.9. The highest BCUT2D eigenvalue weighted by atomic mass is 16.5. The van der Waals surface area contributed by atoms with E-state index in [-0.39, 0.29) is 6.04 Å². The van der Waals surface area contributed by atoms with Crippen molar-refractivity contribution in [3.8, 4) is 11.5 Å². The van der Waals surface area contributed by atoms with E-state index in [1.54, 1.807) is 14.2 Å². The molecule has 4 nitrogen and oxygen atoms in total. The zero-order valence-corrected chi connectivity index (χ0v) is 12.6. The summed E-state index contributed by atoms with van der Waals surface area (Å²) in [5.74, 6) is 2.37. The Morgan fingerprint density at radius 1 is 1.30 bits per heavy atom. The average Bonchev–Trinajstić information content (AvgIpc) is 2.99. The Labute approximate surface area is 121 Å². The van der Waals surface area contributed by atoms with Crippen molar-refractivity contribution in [1.29, 1.82) is 0 Å². The first-order valence-electron chi connectivity index (χ1n) is 7.32. The molecule has 1 N–H and O–H groups in total. The van der Waals surface area contributed by atoms with Crippen LogP contribution in [-0.4, -0.2) is 34.0 Å². The molecule has 112 valence electrons. The molecule has 1 saturated heterocycles. The second-order valence-corrected chi connectivity index (χ2v) is 5.15. The van der Waals surface area contributed by atoms with Crippen molar-refractivity contribution in [2.45, 2.75) is 25.8 Å². The first-order valence-corrected chi connectivity index (χ1v) is 7.32. The summed E-state index contributed by atoms with van der Waals surface area (Å²) < 4.78 is 16.6. The number of methoxy groups -OCH3 is 2. The molecule has 20 heavy (non-hydrogen) atoms. The average molecular weight is 279 g/mol. The minimum Gasteiger partial charge on any atom is -0.496 e. The highest BCUT2D eigenvalue weighted by molar-refractivity contribution is 5.47. The number of ether oxygens (including phenoxy) is 3. The largest absolute Gasteiger partial charge is 0.496 e. The van der Waals surface area contributed by atoms with Crippen LogP contribution in [0.25, 0.3) is 0 Å². The van der Waals surface area contributed by atoms with Crippen LogP contribution in [0.5, 0.6) is 11.5 Å². The molecule has 0 bridgehead atoms. The number of rotatable bonds is 7. The van der Waals surface area contributed by atoms with Crippen LogP contribution in [0.1, 0.15) is 31.4 Å². The molecule has 1 aliphatic heterocycles. The Bertz CT molecular complexity index is 394. The topological polar surface area (TPSA) is 39.7 Å². The van der Waals surface area contributed by atoms with Crippen LogP contribution >= 0.6 is 0 Å². The minimum atomic E-state index is 0.234. The summed E-state index contributed by atoms with van der Waals surface area (Å²) in [4.78, 5) is 0. The van der Waals surface area contributed by atoms with Gasteiger partial charge in [-0.3, -0.25) is 0 Å². The van der Waals surface area contributed by atoms with Crippen LogP contribution in [0.4, 0.5) is 0 Å². The molecule has 4 heteroatoms. The fourth-order valence-electron chi connectivity index (χ4n) is 2.88. The lowest BCUT2D eigenvalue weighted by molar-refractivity contribution is 0.181. The van der Waals surface area contributed by atoms with Gasteiger partial charge in [0.1, 0.15) is 11.5 Å².